The van der Waals surface area contributed by atoms with E-state index >= 15 is 0 Å². The first-order chi connectivity index (χ1) is 10.6. The Morgan fingerprint density at radius 3 is 2.59 bits per heavy atom. The van der Waals surface area contributed by atoms with Crippen LogP contribution in [0.15, 0.2) is 24.3 Å². The molecule has 2 atom stereocenters. The molecule has 2 heterocycles. The third kappa shape index (κ3) is 3.39. The summed E-state index contributed by atoms with van der Waals surface area (Å²) in [6, 6.07) is 7.73. The number of hydrogen-bond acceptors (Lipinski definition) is 4. The molecule has 22 heavy (non-hydrogen) atoms. The van der Waals surface area contributed by atoms with Crippen molar-refractivity contribution < 1.29 is 13.9 Å². The highest BCUT2D eigenvalue weighted by molar-refractivity contribution is 5.80. The molecule has 2 fully saturated rings. The summed E-state index contributed by atoms with van der Waals surface area (Å²) in [5.41, 5.74) is 7.60. The predicted octanol–water partition coefficient (Wildman–Crippen LogP) is 0.921. The second-order valence-corrected chi connectivity index (χ2v) is 5.95. The number of benzene rings is 1. The van der Waals surface area contributed by atoms with Crippen LogP contribution in [0.4, 0.5) is 10.1 Å². The Bertz CT molecular complexity index is 517. The number of anilines is 1. The van der Waals surface area contributed by atoms with Gasteiger partial charge in [-0.05, 0) is 17.7 Å². The summed E-state index contributed by atoms with van der Waals surface area (Å²) in [6.45, 7) is 4.15. The number of ether oxygens (including phenoxy) is 1. The fraction of sp³-hybridized carbons (Fsp3) is 0.562. The number of carbonyl (C=O) groups is 1. The number of amides is 1. The zero-order valence-electron chi connectivity index (χ0n) is 12.6. The van der Waals surface area contributed by atoms with E-state index in [0.29, 0.717) is 6.54 Å². The number of morpholine rings is 1. The maximum Gasteiger partial charge on any atom is 0.234 e. The first-order valence-corrected chi connectivity index (χ1v) is 7.72. The van der Waals surface area contributed by atoms with Crippen molar-refractivity contribution in [3.63, 3.8) is 0 Å². The summed E-state index contributed by atoms with van der Waals surface area (Å²) < 4.78 is 18.9. The molecule has 1 aromatic carbocycles. The lowest BCUT2D eigenvalue weighted by atomic mass is 10.1. The summed E-state index contributed by atoms with van der Waals surface area (Å²) in [4.78, 5) is 15.5. The van der Waals surface area contributed by atoms with Crippen LogP contribution in [0.25, 0.3) is 0 Å². The molecule has 2 aliphatic heterocycles. The summed E-state index contributed by atoms with van der Waals surface area (Å²) in [5.74, 6) is -0.440. The van der Waals surface area contributed by atoms with Crippen molar-refractivity contribution in [3.05, 3.63) is 29.8 Å². The van der Waals surface area contributed by atoms with Gasteiger partial charge in [-0.1, -0.05) is 12.1 Å². The van der Waals surface area contributed by atoms with Crippen molar-refractivity contribution in [2.45, 2.75) is 25.2 Å². The molecule has 3 rings (SSSR count). The molecule has 2 N–H and O–H groups in total. The maximum absolute atomic E-state index is 13.5. The number of likely N-dealkylation sites (tertiary alicyclic amines) is 1. The minimum Gasteiger partial charge on any atom is -0.378 e. The van der Waals surface area contributed by atoms with Crippen LogP contribution < -0.4 is 10.6 Å². The first kappa shape index (κ1) is 15.2. The van der Waals surface area contributed by atoms with Crippen molar-refractivity contribution in [1.29, 1.82) is 0 Å². The highest BCUT2D eigenvalue weighted by atomic mass is 19.1. The van der Waals surface area contributed by atoms with E-state index in [4.69, 9.17) is 10.5 Å². The third-order valence-electron chi connectivity index (χ3n) is 4.38. The Morgan fingerprint density at radius 2 is 1.95 bits per heavy atom. The molecule has 0 unspecified atom stereocenters. The van der Waals surface area contributed by atoms with E-state index in [2.05, 4.69) is 17.0 Å². The van der Waals surface area contributed by atoms with Crippen molar-refractivity contribution in [3.8, 4) is 0 Å². The van der Waals surface area contributed by atoms with Gasteiger partial charge in [-0.15, -0.1) is 0 Å². The van der Waals surface area contributed by atoms with Gasteiger partial charge in [0, 0.05) is 38.3 Å². The quantitative estimate of drug-likeness (QED) is 0.899. The number of hydrogen-bond donors (Lipinski definition) is 1. The normalized spacial score (nSPS) is 26.3. The largest absolute Gasteiger partial charge is 0.378 e. The lowest BCUT2D eigenvalue weighted by Crippen LogP contribution is -2.39. The van der Waals surface area contributed by atoms with Crippen molar-refractivity contribution in [2.75, 3.05) is 37.7 Å². The smallest absolute Gasteiger partial charge is 0.234 e. The topological polar surface area (TPSA) is 58.8 Å². The number of nitrogens with zero attached hydrogens (tertiary/aromatic N) is 2. The van der Waals surface area contributed by atoms with Gasteiger partial charge < -0.3 is 15.4 Å². The number of alkyl halides is 1. The molecule has 2 aliphatic rings. The number of halogens is 1. The summed E-state index contributed by atoms with van der Waals surface area (Å²) in [7, 11) is 0. The second-order valence-electron chi connectivity index (χ2n) is 5.95. The molecule has 120 valence electrons. The van der Waals surface area contributed by atoms with Gasteiger partial charge in [0.1, 0.15) is 6.17 Å². The number of rotatable bonds is 4. The van der Waals surface area contributed by atoms with Gasteiger partial charge in [0.25, 0.3) is 0 Å². The van der Waals surface area contributed by atoms with Crippen LogP contribution in [0.5, 0.6) is 0 Å². The van der Waals surface area contributed by atoms with Gasteiger partial charge >= 0.3 is 0 Å². The van der Waals surface area contributed by atoms with E-state index < -0.39 is 18.1 Å². The van der Waals surface area contributed by atoms with E-state index in [0.717, 1.165) is 31.9 Å². The Balaban J connectivity index is 1.64. The van der Waals surface area contributed by atoms with Crippen LogP contribution in [-0.4, -0.2) is 55.9 Å². The van der Waals surface area contributed by atoms with Crippen molar-refractivity contribution in [2.24, 2.45) is 5.73 Å². The predicted molar refractivity (Wildman–Crippen MR) is 82.4 cm³/mol. The number of carbonyl (C=O) groups excluding carboxylic acids is 1. The molecule has 6 heteroatoms. The molecule has 0 radical (unpaired) electrons. The molecule has 0 aromatic heterocycles. The lowest BCUT2D eigenvalue weighted by molar-refractivity contribution is -0.122. The molecule has 1 aromatic rings. The maximum atomic E-state index is 13.5. The van der Waals surface area contributed by atoms with Gasteiger partial charge in [0.15, 0.2) is 0 Å². The van der Waals surface area contributed by atoms with Gasteiger partial charge in [0.05, 0.1) is 19.3 Å². The molecule has 5 nitrogen and oxygen atoms in total. The Morgan fingerprint density at radius 1 is 1.27 bits per heavy atom. The second kappa shape index (κ2) is 6.62. The van der Waals surface area contributed by atoms with Crippen molar-refractivity contribution in [1.82, 2.24) is 4.90 Å². The molecule has 2 saturated heterocycles. The van der Waals surface area contributed by atoms with E-state index in [1.54, 1.807) is 0 Å². The van der Waals surface area contributed by atoms with Crippen LogP contribution in [0, 0.1) is 0 Å². The monoisotopic (exact) mass is 307 g/mol. The fourth-order valence-electron chi connectivity index (χ4n) is 3.19. The SMILES string of the molecule is NC(=O)[C@@H]1C[C@@H](F)CN1Cc1ccc(N2CCOCC2)cc1. The molecular weight excluding hydrogens is 285 g/mol. The van der Waals surface area contributed by atoms with Crippen LogP contribution >= 0.6 is 0 Å². The van der Waals surface area contributed by atoms with Crippen LogP contribution in [-0.2, 0) is 16.1 Å². The van der Waals surface area contributed by atoms with Gasteiger partial charge in [-0.3, -0.25) is 9.69 Å². The average molecular weight is 307 g/mol. The molecule has 0 aliphatic carbocycles. The van der Waals surface area contributed by atoms with Gasteiger partial charge in [-0.2, -0.15) is 0 Å². The van der Waals surface area contributed by atoms with Gasteiger partial charge in [0.2, 0.25) is 5.91 Å². The van der Waals surface area contributed by atoms with Crippen molar-refractivity contribution >= 4 is 11.6 Å². The molecule has 1 amide bonds. The summed E-state index contributed by atoms with van der Waals surface area (Å²) in [6.07, 6.45) is -0.758. The standard InChI is InChI=1S/C16H22FN3O2/c17-13-9-15(16(18)21)20(11-13)10-12-1-3-14(4-2-12)19-5-7-22-8-6-19/h1-4,13,15H,5-11H2,(H2,18,21)/t13-,15+/m1/s1. The van der Waals surface area contributed by atoms with Gasteiger partial charge in [-0.25, -0.2) is 4.39 Å². The summed E-state index contributed by atoms with van der Waals surface area (Å²) >= 11 is 0. The first-order valence-electron chi connectivity index (χ1n) is 7.72. The average Bonchev–Trinajstić information content (AvgIpc) is 2.90. The Hall–Kier alpha value is -1.66. The zero-order valence-corrected chi connectivity index (χ0v) is 12.6. The zero-order chi connectivity index (χ0) is 15.5. The number of nitrogens with two attached hydrogens (primary N) is 1. The summed E-state index contributed by atoms with van der Waals surface area (Å²) in [5, 5.41) is 0. The van der Waals surface area contributed by atoms with E-state index in [9.17, 15) is 9.18 Å². The third-order valence-corrected chi connectivity index (χ3v) is 4.38. The highest BCUT2D eigenvalue weighted by Crippen LogP contribution is 2.24. The van der Waals surface area contributed by atoms with Crippen LogP contribution in [0.1, 0.15) is 12.0 Å². The molecular formula is C16H22FN3O2. The minimum absolute atomic E-state index is 0.210. The van der Waals surface area contributed by atoms with E-state index in [1.807, 2.05) is 17.0 Å². The molecule has 0 saturated carbocycles. The molecule has 0 bridgehead atoms. The highest BCUT2D eigenvalue weighted by Gasteiger charge is 2.35. The van der Waals surface area contributed by atoms with E-state index in [1.165, 1.54) is 5.69 Å². The van der Waals surface area contributed by atoms with E-state index in [-0.39, 0.29) is 13.0 Å². The van der Waals surface area contributed by atoms with Crippen LogP contribution in [0.3, 0.4) is 0 Å². The number of primary amides is 1. The Labute approximate surface area is 129 Å². The minimum atomic E-state index is -0.967. The molecule has 0 spiro atoms. The fourth-order valence-corrected chi connectivity index (χ4v) is 3.19. The Kier molecular flexibility index (Phi) is 4.59. The lowest BCUT2D eigenvalue weighted by Gasteiger charge is -2.29. The van der Waals surface area contributed by atoms with Crippen LogP contribution in [0.2, 0.25) is 0 Å².